The molecule has 0 radical (unpaired) electrons. The van der Waals surface area contributed by atoms with Crippen LogP contribution in [0.2, 0.25) is 10.0 Å². The first-order chi connectivity index (χ1) is 22.5. The minimum absolute atomic E-state index is 0. The van der Waals surface area contributed by atoms with E-state index in [0.717, 1.165) is 16.5 Å². The number of rotatable bonds is 3. The number of fused-ring (bicyclic) bond motifs is 3. The molecule has 0 spiro atoms. The summed E-state index contributed by atoms with van der Waals surface area (Å²) in [6, 6.07) is 35.6. The van der Waals surface area contributed by atoms with Gasteiger partial charge >= 0.3 is 123 Å². The molecule has 266 valence electrons. The zero-order valence-corrected chi connectivity index (χ0v) is 36.8. The minimum atomic E-state index is -0.623. The Labute approximate surface area is 335 Å². The molecule has 1 aliphatic carbocycles. The third kappa shape index (κ3) is 12.6. The summed E-state index contributed by atoms with van der Waals surface area (Å²) in [4.78, 5) is 0. The third-order valence-electron chi connectivity index (χ3n) is 8.61. The summed E-state index contributed by atoms with van der Waals surface area (Å²) in [6.07, 6.45) is 1.03. The molecule has 6 rings (SSSR count). The number of benzene rings is 4. The van der Waals surface area contributed by atoms with Gasteiger partial charge in [0.25, 0.3) is 0 Å². The second-order valence-electron chi connectivity index (χ2n) is 15.2. The van der Waals surface area contributed by atoms with Gasteiger partial charge in [0, 0.05) is 0 Å². The van der Waals surface area contributed by atoms with E-state index >= 15 is 0 Å². The summed E-state index contributed by atoms with van der Waals surface area (Å²) >= 11 is 11.0. The molecular weight excluding hydrogens is 774 g/mol. The van der Waals surface area contributed by atoms with E-state index in [-0.39, 0.29) is 35.6 Å². The maximum atomic E-state index is 5.84. The summed E-state index contributed by atoms with van der Waals surface area (Å²) in [7, 11) is 0. The van der Waals surface area contributed by atoms with Crippen molar-refractivity contribution in [1.29, 1.82) is 0 Å². The van der Waals surface area contributed by atoms with E-state index in [1.807, 2.05) is 24.3 Å². The second-order valence-corrected chi connectivity index (χ2v) is 18.3. The SMILES string of the molecule is CC(C)(C)c1[c-]c2c(cc1)-c1ccc(C(C)(C)C)cc1C2.Cc1cc(C(C)C)c(C)[cH-]1.Cl.Cl.Clc1ccc([CH]=[Zr]=[CH]c2ccc(Cl)cc2)cc1. The fourth-order valence-corrected chi connectivity index (χ4v) is 8.18. The second kappa shape index (κ2) is 19.2. The van der Waals surface area contributed by atoms with Crippen LogP contribution in [0, 0.1) is 19.9 Å². The predicted molar refractivity (Wildman–Crippen MR) is 224 cm³/mol. The van der Waals surface area contributed by atoms with Crippen LogP contribution in [0.25, 0.3) is 11.1 Å². The molecule has 0 fully saturated rings. The monoisotopic (exact) mass is 822 g/mol. The van der Waals surface area contributed by atoms with Crippen LogP contribution < -0.4 is 0 Å². The van der Waals surface area contributed by atoms with Gasteiger partial charge in [-0.3, -0.25) is 0 Å². The Kier molecular flexibility index (Phi) is 17.0. The van der Waals surface area contributed by atoms with Crippen LogP contribution in [0.15, 0.2) is 91.0 Å². The van der Waals surface area contributed by atoms with Crippen molar-refractivity contribution in [1.82, 2.24) is 0 Å². The van der Waals surface area contributed by atoms with Gasteiger partial charge in [0.1, 0.15) is 0 Å². The Balaban J connectivity index is 0.000000270. The summed E-state index contributed by atoms with van der Waals surface area (Å²) in [6.45, 7) is 22.4. The Morgan fingerprint density at radius 3 is 1.64 bits per heavy atom. The third-order valence-corrected chi connectivity index (χ3v) is 11.6. The van der Waals surface area contributed by atoms with Crippen molar-refractivity contribution < 1.29 is 22.3 Å². The van der Waals surface area contributed by atoms with Gasteiger partial charge in [-0.2, -0.15) is 46.5 Å². The molecule has 5 aromatic rings. The van der Waals surface area contributed by atoms with E-state index in [0.29, 0.717) is 5.92 Å². The maximum absolute atomic E-state index is 5.84. The fraction of sp³-hybridized carbons (Fsp3) is 0.311. The zero-order chi connectivity index (χ0) is 35.2. The molecule has 0 aromatic heterocycles. The molecule has 50 heavy (non-hydrogen) atoms. The molecule has 0 saturated heterocycles. The molecule has 1 aliphatic rings. The van der Waals surface area contributed by atoms with Crippen molar-refractivity contribution in [3.8, 4) is 11.1 Å². The Morgan fingerprint density at radius 2 is 1.22 bits per heavy atom. The number of aryl methyl sites for hydroxylation is 2. The van der Waals surface area contributed by atoms with Crippen molar-refractivity contribution in [3.05, 3.63) is 157 Å². The molecular formula is C45H52Cl4Zr-2. The van der Waals surface area contributed by atoms with Gasteiger partial charge in [-0.05, 0) is 28.4 Å². The number of hydrogen-bond acceptors (Lipinski definition) is 0. The zero-order valence-electron chi connectivity index (χ0n) is 31.2. The Bertz CT molecular complexity index is 1780. The van der Waals surface area contributed by atoms with Crippen LogP contribution in [0.3, 0.4) is 0 Å². The van der Waals surface area contributed by atoms with Crippen LogP contribution >= 0.6 is 48.0 Å². The van der Waals surface area contributed by atoms with Gasteiger partial charge in [-0.25, -0.2) is 6.07 Å². The summed E-state index contributed by atoms with van der Waals surface area (Å²) in [5.41, 5.74) is 15.5. The Hall–Kier alpha value is -1.99. The number of halogens is 4. The predicted octanol–water partition coefficient (Wildman–Crippen LogP) is 13.7. The molecule has 0 nitrogen and oxygen atoms in total. The van der Waals surface area contributed by atoms with Crippen LogP contribution in [-0.2, 0) is 39.5 Å². The van der Waals surface area contributed by atoms with E-state index in [9.17, 15) is 0 Å². The molecule has 0 bridgehead atoms. The van der Waals surface area contributed by atoms with Gasteiger partial charge < -0.3 is 0 Å². The van der Waals surface area contributed by atoms with Crippen molar-refractivity contribution in [2.45, 2.75) is 92.4 Å². The molecule has 0 heterocycles. The van der Waals surface area contributed by atoms with Crippen LogP contribution in [-0.4, -0.2) is 7.42 Å². The van der Waals surface area contributed by atoms with Gasteiger partial charge in [0.05, 0.1) is 0 Å². The van der Waals surface area contributed by atoms with Gasteiger partial charge in [0.2, 0.25) is 0 Å². The molecule has 0 saturated carbocycles. The van der Waals surface area contributed by atoms with Crippen LogP contribution in [0.1, 0.15) is 111 Å². The normalized spacial score (nSPS) is 11.3. The molecule has 0 unspecified atom stereocenters. The van der Waals surface area contributed by atoms with Crippen molar-refractivity contribution >= 4 is 55.4 Å². The first kappa shape index (κ1) is 44.2. The van der Waals surface area contributed by atoms with E-state index in [1.165, 1.54) is 61.2 Å². The quantitative estimate of drug-likeness (QED) is 0.156. The van der Waals surface area contributed by atoms with Crippen molar-refractivity contribution in [3.63, 3.8) is 0 Å². The first-order valence-corrected chi connectivity index (χ1v) is 20.5. The van der Waals surface area contributed by atoms with Gasteiger partial charge in [-0.1, -0.05) is 98.9 Å². The molecule has 5 aromatic carbocycles. The van der Waals surface area contributed by atoms with E-state index in [1.54, 1.807) is 0 Å². The number of hydrogen-bond donors (Lipinski definition) is 0. The van der Waals surface area contributed by atoms with Crippen LogP contribution in [0.4, 0.5) is 0 Å². The summed E-state index contributed by atoms with van der Waals surface area (Å²) < 4.78 is 4.66. The Morgan fingerprint density at radius 1 is 0.700 bits per heavy atom. The van der Waals surface area contributed by atoms with E-state index in [2.05, 4.69) is 149 Å². The van der Waals surface area contributed by atoms with E-state index in [4.69, 9.17) is 23.2 Å². The van der Waals surface area contributed by atoms with Gasteiger partial charge in [-0.15, -0.1) is 35.9 Å². The topological polar surface area (TPSA) is 0 Å². The summed E-state index contributed by atoms with van der Waals surface area (Å²) in [5, 5.41) is 1.57. The molecule has 5 heteroatoms. The van der Waals surface area contributed by atoms with E-state index < -0.39 is 22.3 Å². The first-order valence-electron chi connectivity index (χ1n) is 16.9. The summed E-state index contributed by atoms with van der Waals surface area (Å²) in [5.74, 6) is 0.675. The molecule has 0 N–H and O–H groups in total. The van der Waals surface area contributed by atoms with Gasteiger partial charge in [0.15, 0.2) is 0 Å². The molecule has 0 atom stereocenters. The standard InChI is InChI=1S/C21H25.C10H15.2C7H5Cl.2ClH.Zr/c1-20(2,3)16-7-9-18-14(12-16)11-15-13-17(21(4,5)6)8-10-19(15)18;1-7(2)10-6-8(3)5-9(10)4;2*1-6-2-4-7(8)5-3-6;;;/h7-10,12H,11H2,1-6H3;5-7H,1-4H3;2*1-5H;2*1H;/q2*-1;;;;;. The molecule has 0 aliphatic heterocycles. The fourth-order valence-electron chi connectivity index (χ4n) is 5.83. The van der Waals surface area contributed by atoms with Crippen molar-refractivity contribution in [2.24, 2.45) is 0 Å². The average Bonchev–Trinajstić information content (AvgIpc) is 3.56. The molecule has 0 amide bonds. The van der Waals surface area contributed by atoms with Crippen molar-refractivity contribution in [2.75, 3.05) is 0 Å². The van der Waals surface area contributed by atoms with Crippen LogP contribution in [0.5, 0.6) is 0 Å². The average molecular weight is 826 g/mol.